The Balaban J connectivity index is 1.85. The van der Waals surface area contributed by atoms with Crippen LogP contribution >= 0.6 is 0 Å². The lowest BCUT2D eigenvalue weighted by atomic mass is 9.95. The third-order valence-electron chi connectivity index (χ3n) is 4.68. The fraction of sp³-hybridized carbons (Fsp3) is 0.0952. The number of hydrogen-bond acceptors (Lipinski definition) is 3. The summed E-state index contributed by atoms with van der Waals surface area (Å²) in [5.74, 6) is 0.866. The van der Waals surface area contributed by atoms with Crippen LogP contribution in [0.25, 0.3) is 10.9 Å². The number of aryl methyl sites for hydroxylation is 1. The van der Waals surface area contributed by atoms with E-state index >= 15 is 0 Å². The van der Waals surface area contributed by atoms with Crippen LogP contribution in [0.5, 0.6) is 0 Å². The van der Waals surface area contributed by atoms with Gasteiger partial charge in [0.1, 0.15) is 6.04 Å². The van der Waals surface area contributed by atoms with E-state index in [0.29, 0.717) is 0 Å². The summed E-state index contributed by atoms with van der Waals surface area (Å²) in [5, 5.41) is 15.7. The number of benzene rings is 2. The fourth-order valence-corrected chi connectivity index (χ4v) is 3.42. The molecule has 27 heavy (non-hydrogen) atoms. The van der Waals surface area contributed by atoms with Crippen molar-refractivity contribution in [3.05, 3.63) is 99.9 Å². The molecule has 0 aliphatic heterocycles. The molecule has 6 nitrogen and oxygen atoms in total. The van der Waals surface area contributed by atoms with Crippen LogP contribution in [-0.4, -0.2) is 9.91 Å². The lowest BCUT2D eigenvalue weighted by Gasteiger charge is -2.16. The number of rotatable bonds is 5. The van der Waals surface area contributed by atoms with Gasteiger partial charge < -0.3 is 4.98 Å². The monoisotopic (exact) mass is 359 g/mol. The lowest BCUT2D eigenvalue weighted by molar-refractivity contribution is -0.384. The van der Waals surface area contributed by atoms with Crippen molar-refractivity contribution < 1.29 is 9.91 Å². The molecule has 0 saturated carbocycles. The predicted molar refractivity (Wildman–Crippen MR) is 105 cm³/mol. The van der Waals surface area contributed by atoms with E-state index in [-0.39, 0.29) is 16.7 Å². The topological polar surface area (TPSA) is 85.1 Å². The van der Waals surface area contributed by atoms with Crippen molar-refractivity contribution in [3.8, 4) is 0 Å². The smallest absolute Gasteiger partial charge is 0.272 e. The van der Waals surface area contributed by atoms with E-state index in [1.807, 2.05) is 49.5 Å². The number of aromatic amines is 2. The van der Waals surface area contributed by atoms with Crippen molar-refractivity contribution in [1.29, 1.82) is 0 Å². The Morgan fingerprint density at radius 3 is 2.48 bits per heavy atom. The zero-order chi connectivity index (χ0) is 18.8. The molecular formula is C21H19N4O2+. The summed E-state index contributed by atoms with van der Waals surface area (Å²) in [6.07, 6.45) is 1.86. The lowest BCUT2D eigenvalue weighted by Crippen LogP contribution is -2.19. The molecule has 0 aliphatic carbocycles. The normalized spacial score (nSPS) is 12.0. The first kappa shape index (κ1) is 16.8. The summed E-state index contributed by atoms with van der Waals surface area (Å²) in [5.41, 5.74) is 4.28. The van der Waals surface area contributed by atoms with Gasteiger partial charge in [-0.15, -0.1) is 0 Å². The van der Waals surface area contributed by atoms with Crippen molar-refractivity contribution in [2.75, 3.05) is 5.32 Å². The minimum atomic E-state index is -0.381. The maximum absolute atomic E-state index is 11.0. The van der Waals surface area contributed by atoms with Gasteiger partial charge in [-0.1, -0.05) is 24.3 Å². The number of nitro benzene ring substituents is 1. The molecule has 0 radical (unpaired) electrons. The summed E-state index contributed by atoms with van der Waals surface area (Å²) >= 11 is 0. The van der Waals surface area contributed by atoms with E-state index in [9.17, 15) is 10.1 Å². The molecule has 0 fully saturated rings. The first-order valence-corrected chi connectivity index (χ1v) is 8.68. The molecule has 4 rings (SSSR count). The summed E-state index contributed by atoms with van der Waals surface area (Å²) in [7, 11) is 0. The third kappa shape index (κ3) is 3.25. The maximum atomic E-state index is 11.0. The van der Waals surface area contributed by atoms with Gasteiger partial charge >= 0.3 is 0 Å². The fourth-order valence-electron chi connectivity index (χ4n) is 3.42. The maximum Gasteiger partial charge on any atom is 0.272 e. The molecule has 2 aromatic carbocycles. The molecule has 0 unspecified atom stereocenters. The standard InChI is InChI=1S/C21H18N4O2/c1-14-20(17-6-2-3-7-18(17)23-14)21(24-19-8-4-5-13-22-19)15-9-11-16(12-10-15)25(26)27/h2-13,21,23H,1H3,(H,22,24)/p+1/t21-/m0/s1. The van der Waals surface area contributed by atoms with Crippen molar-refractivity contribution >= 4 is 22.4 Å². The van der Waals surface area contributed by atoms with E-state index < -0.39 is 0 Å². The zero-order valence-electron chi connectivity index (χ0n) is 14.8. The van der Waals surface area contributed by atoms with Crippen LogP contribution in [0.1, 0.15) is 22.9 Å². The molecule has 0 saturated heterocycles. The van der Waals surface area contributed by atoms with Crippen LogP contribution in [0.4, 0.5) is 11.5 Å². The SMILES string of the molecule is Cc1[nH]c2ccccc2c1[C@@H](Nc1cccc[nH+]1)c1ccc([N+](=O)[O-])cc1. The van der Waals surface area contributed by atoms with Crippen LogP contribution in [-0.2, 0) is 0 Å². The number of pyridine rings is 1. The minimum Gasteiger partial charge on any atom is -0.358 e. The van der Waals surface area contributed by atoms with Gasteiger partial charge in [-0.25, -0.2) is 4.98 Å². The second-order valence-electron chi connectivity index (χ2n) is 6.41. The van der Waals surface area contributed by atoms with Gasteiger partial charge in [0.05, 0.1) is 11.1 Å². The van der Waals surface area contributed by atoms with Gasteiger partial charge in [0.15, 0.2) is 0 Å². The van der Waals surface area contributed by atoms with Crippen molar-refractivity contribution in [1.82, 2.24) is 4.98 Å². The van der Waals surface area contributed by atoms with E-state index in [2.05, 4.69) is 21.4 Å². The number of nitrogens with one attached hydrogen (secondary N) is 3. The number of H-pyrrole nitrogens is 2. The Kier molecular flexibility index (Phi) is 4.30. The molecule has 3 N–H and O–H groups in total. The molecule has 2 aromatic heterocycles. The van der Waals surface area contributed by atoms with Crippen molar-refractivity contribution in [3.63, 3.8) is 0 Å². The molecule has 0 amide bonds. The Labute approximate surface area is 156 Å². The molecule has 2 heterocycles. The number of para-hydroxylation sites is 1. The molecule has 0 spiro atoms. The molecule has 0 aliphatic rings. The average molecular weight is 359 g/mol. The van der Waals surface area contributed by atoms with Crippen molar-refractivity contribution in [2.24, 2.45) is 0 Å². The van der Waals surface area contributed by atoms with Gasteiger partial charge in [-0.2, -0.15) is 0 Å². The highest BCUT2D eigenvalue weighted by Gasteiger charge is 2.25. The third-order valence-corrected chi connectivity index (χ3v) is 4.68. The number of hydrogen-bond donors (Lipinski definition) is 2. The summed E-state index contributed by atoms with van der Waals surface area (Å²) in [6, 6.07) is 20.5. The second-order valence-corrected chi connectivity index (χ2v) is 6.41. The Hall–Kier alpha value is -3.67. The molecule has 134 valence electrons. The molecular weight excluding hydrogens is 340 g/mol. The Morgan fingerprint density at radius 1 is 1.04 bits per heavy atom. The second kappa shape index (κ2) is 6.92. The van der Waals surface area contributed by atoms with Gasteiger partial charge in [-0.3, -0.25) is 15.4 Å². The van der Waals surface area contributed by atoms with E-state index in [0.717, 1.165) is 33.5 Å². The zero-order valence-corrected chi connectivity index (χ0v) is 14.8. The Bertz CT molecular complexity index is 1090. The van der Waals surface area contributed by atoms with Crippen LogP contribution in [0, 0.1) is 17.0 Å². The van der Waals surface area contributed by atoms with E-state index in [1.54, 1.807) is 24.3 Å². The number of nitrogens with zero attached hydrogens (tertiary/aromatic N) is 1. The largest absolute Gasteiger partial charge is 0.358 e. The molecule has 6 heteroatoms. The number of non-ortho nitro benzene ring substituents is 1. The first-order chi connectivity index (χ1) is 13.1. The Morgan fingerprint density at radius 2 is 1.78 bits per heavy atom. The number of nitro groups is 1. The average Bonchev–Trinajstić information content (AvgIpc) is 3.02. The number of aromatic nitrogens is 2. The van der Waals surface area contributed by atoms with Gasteiger partial charge in [-0.05, 0) is 31.2 Å². The van der Waals surface area contributed by atoms with Crippen LogP contribution in [0.3, 0.4) is 0 Å². The van der Waals surface area contributed by atoms with Crippen LogP contribution in [0.15, 0.2) is 72.9 Å². The molecule has 4 aromatic rings. The van der Waals surface area contributed by atoms with Crippen LogP contribution in [0.2, 0.25) is 0 Å². The quantitative estimate of drug-likeness (QED) is 0.409. The highest BCUT2D eigenvalue weighted by Crippen LogP contribution is 2.34. The first-order valence-electron chi connectivity index (χ1n) is 8.68. The van der Waals surface area contributed by atoms with Crippen LogP contribution < -0.4 is 10.3 Å². The number of anilines is 1. The van der Waals surface area contributed by atoms with Gasteiger partial charge in [0, 0.05) is 45.9 Å². The van der Waals surface area contributed by atoms with E-state index in [4.69, 9.17) is 0 Å². The number of fused-ring (bicyclic) bond motifs is 1. The van der Waals surface area contributed by atoms with Gasteiger partial charge in [0.25, 0.3) is 11.5 Å². The summed E-state index contributed by atoms with van der Waals surface area (Å²) < 4.78 is 0. The molecule has 0 bridgehead atoms. The summed E-state index contributed by atoms with van der Waals surface area (Å²) in [4.78, 5) is 17.3. The van der Waals surface area contributed by atoms with E-state index in [1.165, 1.54) is 0 Å². The van der Waals surface area contributed by atoms with Gasteiger partial charge in [0.2, 0.25) is 0 Å². The highest BCUT2D eigenvalue weighted by atomic mass is 16.6. The predicted octanol–water partition coefficient (Wildman–Crippen LogP) is 4.40. The summed E-state index contributed by atoms with van der Waals surface area (Å²) in [6.45, 7) is 2.05. The van der Waals surface area contributed by atoms with Crippen molar-refractivity contribution in [2.45, 2.75) is 13.0 Å². The highest BCUT2D eigenvalue weighted by molar-refractivity contribution is 5.86. The minimum absolute atomic E-state index is 0.0828. The molecule has 1 atom stereocenters.